The number of hydrogen-bond donors (Lipinski definition) is 16. The molecule has 0 aromatic carbocycles. The van der Waals surface area contributed by atoms with Gasteiger partial charge in [0.15, 0.2) is 6.29 Å². The van der Waals surface area contributed by atoms with E-state index in [0.717, 1.165) is 6.92 Å². The van der Waals surface area contributed by atoms with Gasteiger partial charge in [0.05, 0.1) is 44.1 Å². The zero-order valence-electron chi connectivity index (χ0n) is 27.8. The number of aliphatic carboxylic acids is 2. The lowest BCUT2D eigenvalue weighted by atomic mass is 9.87. The number of carbonyl (C=O) groups excluding carboxylic acids is 2. The molecule has 3 rings (SSSR count). The van der Waals surface area contributed by atoms with Crippen LogP contribution in [0.3, 0.4) is 0 Å². The maximum atomic E-state index is 12.7. The average molecular weight is 779 g/mol. The third-order valence-corrected chi connectivity index (χ3v) is 8.96. The molecule has 17 atom stereocenters. The van der Waals surface area contributed by atoms with Crippen molar-refractivity contribution in [3.05, 3.63) is 0 Å². The predicted molar refractivity (Wildman–Crippen MR) is 160 cm³/mol. The van der Waals surface area contributed by atoms with Gasteiger partial charge in [-0.3, -0.25) is 9.59 Å². The van der Waals surface area contributed by atoms with Gasteiger partial charge in [0.2, 0.25) is 11.8 Å². The van der Waals surface area contributed by atoms with Crippen LogP contribution in [0.15, 0.2) is 0 Å². The minimum absolute atomic E-state index is 0.903. The first-order valence-corrected chi connectivity index (χ1v) is 16.0. The number of amides is 2. The largest absolute Gasteiger partial charge is 0.477 e. The van der Waals surface area contributed by atoms with Gasteiger partial charge < -0.3 is 106 Å². The zero-order valence-corrected chi connectivity index (χ0v) is 27.8. The molecule has 53 heavy (non-hydrogen) atoms. The Morgan fingerprint density at radius 1 is 0.774 bits per heavy atom. The van der Waals surface area contributed by atoms with Gasteiger partial charge in [0, 0.05) is 19.8 Å². The molecule has 3 heterocycles. The minimum Gasteiger partial charge on any atom is -0.477 e. The van der Waals surface area contributed by atoms with E-state index in [1.165, 1.54) is 0 Å². The minimum atomic E-state index is -3.22. The Hall–Kier alpha value is -2.80. The Kier molecular flexibility index (Phi) is 15.3. The van der Waals surface area contributed by atoms with Gasteiger partial charge in [0.25, 0.3) is 11.6 Å². The quantitative estimate of drug-likeness (QED) is 0.0691. The summed E-state index contributed by atoms with van der Waals surface area (Å²) in [5.41, 5.74) is 0. The lowest BCUT2D eigenvalue weighted by molar-refractivity contribution is -0.371. The number of hydrogen-bond acceptors (Lipinski definition) is 21. The molecular formula is C28H46N2O23. The molecule has 3 fully saturated rings. The van der Waals surface area contributed by atoms with Gasteiger partial charge in [-0.15, -0.1) is 0 Å². The predicted octanol–water partition coefficient (Wildman–Crippen LogP) is -9.90. The molecule has 0 spiro atoms. The summed E-state index contributed by atoms with van der Waals surface area (Å²) in [6.45, 7) is -3.75. The molecule has 0 aromatic rings. The first-order chi connectivity index (χ1) is 24.7. The molecule has 3 saturated heterocycles. The van der Waals surface area contributed by atoms with Crippen LogP contribution in [-0.4, -0.2) is 225 Å². The Bertz CT molecular complexity index is 1280. The molecule has 0 radical (unpaired) electrons. The van der Waals surface area contributed by atoms with E-state index in [-0.39, 0.29) is 0 Å². The van der Waals surface area contributed by atoms with Crippen LogP contribution in [0.1, 0.15) is 19.8 Å². The maximum absolute atomic E-state index is 12.7. The summed E-state index contributed by atoms with van der Waals surface area (Å²) in [6, 6.07) is -3.60. The van der Waals surface area contributed by atoms with E-state index >= 15 is 0 Å². The Labute approximate surface area is 298 Å². The number of aliphatic hydroxyl groups excluding tert-OH is 12. The van der Waals surface area contributed by atoms with Crippen molar-refractivity contribution in [2.24, 2.45) is 0 Å². The molecule has 25 nitrogen and oxygen atoms in total. The van der Waals surface area contributed by atoms with E-state index in [9.17, 15) is 85.6 Å². The number of rotatable bonds is 16. The third kappa shape index (κ3) is 9.54. The number of carbonyl (C=O) groups is 4. The SMILES string of the molecule is CC(=O)N[C@H]1[C@H]([C@H](O)[C@@H](CO)O[C@]2(C(=O)O)C[C@H](O)[C@@H](NC(=O)CO)[C@H]([C@H](O)[C@H](O)CO)O2)O[C@@](O[C@@H]2[C@@H](O)[C@H](O)O[C@H](CO)[C@@H]2O)(C(=O)O)C[C@@H]1O. The van der Waals surface area contributed by atoms with Crippen LogP contribution in [0.5, 0.6) is 0 Å². The molecule has 0 saturated carbocycles. The number of carboxylic acids is 2. The molecule has 2 amide bonds. The first kappa shape index (κ1) is 44.6. The van der Waals surface area contributed by atoms with E-state index in [0.29, 0.717) is 0 Å². The van der Waals surface area contributed by atoms with Crippen LogP contribution in [0.25, 0.3) is 0 Å². The van der Waals surface area contributed by atoms with Crippen molar-refractivity contribution in [2.75, 3.05) is 26.4 Å². The van der Waals surface area contributed by atoms with Gasteiger partial charge in [0.1, 0.15) is 67.6 Å². The monoisotopic (exact) mass is 778 g/mol. The van der Waals surface area contributed by atoms with E-state index in [1.807, 2.05) is 5.32 Å². The van der Waals surface area contributed by atoms with Crippen LogP contribution < -0.4 is 10.6 Å². The fraction of sp³-hybridized carbons (Fsp3) is 0.857. The van der Waals surface area contributed by atoms with Gasteiger partial charge in [-0.2, -0.15) is 0 Å². The maximum Gasteiger partial charge on any atom is 0.364 e. The highest BCUT2D eigenvalue weighted by Crippen LogP contribution is 2.39. The van der Waals surface area contributed by atoms with Crippen molar-refractivity contribution in [1.29, 1.82) is 0 Å². The van der Waals surface area contributed by atoms with Crippen molar-refractivity contribution in [2.45, 2.75) is 123 Å². The van der Waals surface area contributed by atoms with Crippen molar-refractivity contribution in [3.8, 4) is 0 Å². The fourth-order valence-electron chi connectivity index (χ4n) is 6.26. The number of ether oxygens (including phenoxy) is 5. The third-order valence-electron chi connectivity index (χ3n) is 8.96. The average Bonchev–Trinajstić information content (AvgIpc) is 3.11. The van der Waals surface area contributed by atoms with Crippen molar-refractivity contribution >= 4 is 23.8 Å². The summed E-state index contributed by atoms with van der Waals surface area (Å²) in [5.74, 6) is -12.7. The van der Waals surface area contributed by atoms with Crippen molar-refractivity contribution in [1.82, 2.24) is 10.6 Å². The first-order valence-electron chi connectivity index (χ1n) is 16.0. The summed E-state index contributed by atoms with van der Waals surface area (Å²) in [4.78, 5) is 49.5. The van der Waals surface area contributed by atoms with Crippen molar-refractivity contribution < 1.29 is 114 Å². The van der Waals surface area contributed by atoms with E-state index in [2.05, 4.69) is 5.32 Å². The van der Waals surface area contributed by atoms with Crippen LogP contribution >= 0.6 is 0 Å². The van der Waals surface area contributed by atoms with Gasteiger partial charge in [-0.05, 0) is 0 Å². The Balaban J connectivity index is 2.05. The van der Waals surface area contributed by atoms with Gasteiger partial charge >= 0.3 is 11.9 Å². The molecule has 16 N–H and O–H groups in total. The van der Waals surface area contributed by atoms with Crippen LogP contribution in [0.4, 0.5) is 0 Å². The summed E-state index contributed by atoms with van der Waals surface area (Å²) in [7, 11) is 0. The van der Waals surface area contributed by atoms with Crippen LogP contribution in [-0.2, 0) is 42.9 Å². The highest BCUT2D eigenvalue weighted by Gasteiger charge is 2.61. The fourth-order valence-corrected chi connectivity index (χ4v) is 6.26. The van der Waals surface area contributed by atoms with E-state index < -0.39 is 166 Å². The molecule has 0 unspecified atom stereocenters. The lowest BCUT2D eigenvalue weighted by Crippen LogP contribution is -2.71. The van der Waals surface area contributed by atoms with Crippen LogP contribution in [0.2, 0.25) is 0 Å². The van der Waals surface area contributed by atoms with Crippen LogP contribution in [0, 0.1) is 0 Å². The Morgan fingerprint density at radius 3 is 1.79 bits per heavy atom. The molecule has 306 valence electrons. The summed E-state index contributed by atoms with van der Waals surface area (Å²) >= 11 is 0. The Morgan fingerprint density at radius 2 is 1.30 bits per heavy atom. The van der Waals surface area contributed by atoms with E-state index in [4.69, 9.17) is 28.8 Å². The molecule has 0 aromatic heterocycles. The number of carboxylic acid groups (broad SMARTS) is 2. The molecule has 25 heteroatoms. The molecule has 3 aliphatic heterocycles. The topological polar surface area (TPSA) is 422 Å². The van der Waals surface area contributed by atoms with Crippen molar-refractivity contribution in [3.63, 3.8) is 0 Å². The summed E-state index contributed by atoms with van der Waals surface area (Å²) in [6.07, 6.45) is -30.3. The summed E-state index contributed by atoms with van der Waals surface area (Å²) < 4.78 is 26.8. The second-order valence-corrected chi connectivity index (χ2v) is 12.7. The van der Waals surface area contributed by atoms with E-state index in [1.54, 1.807) is 0 Å². The van der Waals surface area contributed by atoms with Gasteiger partial charge in [-0.1, -0.05) is 0 Å². The highest BCUT2D eigenvalue weighted by atomic mass is 16.8. The molecule has 0 bridgehead atoms. The second-order valence-electron chi connectivity index (χ2n) is 12.7. The smallest absolute Gasteiger partial charge is 0.364 e. The summed E-state index contributed by atoms with van der Waals surface area (Å²) in [5, 5.41) is 149. The van der Waals surface area contributed by atoms with Gasteiger partial charge in [-0.25, -0.2) is 9.59 Å². The number of nitrogens with one attached hydrogen (secondary N) is 2. The molecular weight excluding hydrogens is 732 g/mol. The second kappa shape index (κ2) is 18.2. The zero-order chi connectivity index (χ0) is 40.2. The molecule has 0 aliphatic carbocycles. The standard InChI is InChI=1S/C28H46N2O23/c1-8(35)29-15-9(36)3-28(26(47)48,53-23-18(41)12(5-32)49-24(44)20(23)43)52-22(15)19(42)13(6-33)50-27(25(45)46)2-10(37)16(30-14(39)7-34)21(51-27)17(40)11(38)4-31/h9-13,15-24,31-34,36-38,40-44H,2-7H2,1H3,(H,29,35)(H,30,39)(H,45,46)(H,47,48)/t9-,10-,11+,12+,13+,15+,16+,17+,18-,19+,20+,21+,22+,23-,24+,27+,28-/m0/s1. The molecule has 3 aliphatic rings. The number of aliphatic hydroxyl groups is 12. The lowest BCUT2D eigenvalue weighted by Gasteiger charge is -2.50. The normalized spacial score (nSPS) is 40.0. The highest BCUT2D eigenvalue weighted by molar-refractivity contribution is 5.78.